The molecule has 116 valence electrons. The largest absolute Gasteiger partial charge is 0.465 e. The lowest BCUT2D eigenvalue weighted by Crippen LogP contribution is -2.53. The van der Waals surface area contributed by atoms with E-state index in [1.807, 2.05) is 18.2 Å². The molecule has 1 heterocycles. The van der Waals surface area contributed by atoms with Crippen molar-refractivity contribution in [3.05, 3.63) is 35.9 Å². The van der Waals surface area contributed by atoms with Crippen LogP contribution in [0.2, 0.25) is 0 Å². The number of likely N-dealkylation sites (tertiary alicyclic amines) is 1. The molecule has 0 atom stereocenters. The number of hydrogen-bond donors (Lipinski definition) is 2. The molecule has 1 saturated heterocycles. The summed E-state index contributed by atoms with van der Waals surface area (Å²) in [4.78, 5) is 13.4. The minimum absolute atomic E-state index is 0.0819. The number of rotatable bonds is 3. The van der Waals surface area contributed by atoms with Crippen LogP contribution in [0.3, 0.4) is 0 Å². The Morgan fingerprint density at radius 1 is 1.24 bits per heavy atom. The summed E-state index contributed by atoms with van der Waals surface area (Å²) < 4.78 is 0. The molecule has 1 aromatic carbocycles. The van der Waals surface area contributed by atoms with Crippen LogP contribution in [0.25, 0.3) is 0 Å². The normalized spacial score (nSPS) is 19.2. The van der Waals surface area contributed by atoms with Crippen molar-refractivity contribution >= 4 is 6.09 Å². The molecule has 0 aromatic heterocycles. The zero-order valence-corrected chi connectivity index (χ0v) is 13.2. The molecule has 1 aromatic rings. The van der Waals surface area contributed by atoms with Crippen LogP contribution in [0.15, 0.2) is 30.3 Å². The fourth-order valence-electron chi connectivity index (χ4n) is 3.21. The van der Waals surface area contributed by atoms with Crippen molar-refractivity contribution < 1.29 is 9.90 Å². The van der Waals surface area contributed by atoms with Crippen LogP contribution in [-0.2, 0) is 5.41 Å². The van der Waals surface area contributed by atoms with Gasteiger partial charge in [0.25, 0.3) is 0 Å². The summed E-state index contributed by atoms with van der Waals surface area (Å²) in [5.41, 5.74) is 1.33. The monoisotopic (exact) mass is 290 g/mol. The zero-order valence-electron chi connectivity index (χ0n) is 13.2. The SMILES string of the molecule is CC(C)(C)N1CCC(CNC(=O)O)(c2ccccc2)CC1. The van der Waals surface area contributed by atoms with Crippen molar-refractivity contribution in [1.29, 1.82) is 0 Å². The van der Waals surface area contributed by atoms with E-state index in [0.717, 1.165) is 25.9 Å². The summed E-state index contributed by atoms with van der Waals surface area (Å²) in [6.45, 7) is 9.19. The number of nitrogens with one attached hydrogen (secondary N) is 1. The van der Waals surface area contributed by atoms with Gasteiger partial charge in [0.2, 0.25) is 0 Å². The Hall–Kier alpha value is -1.55. The van der Waals surface area contributed by atoms with Gasteiger partial charge in [-0.25, -0.2) is 4.79 Å². The lowest BCUT2D eigenvalue weighted by atomic mass is 9.72. The zero-order chi connectivity index (χ0) is 15.5. The van der Waals surface area contributed by atoms with Crippen LogP contribution >= 0.6 is 0 Å². The number of carboxylic acid groups (broad SMARTS) is 1. The molecular formula is C17H26N2O2. The number of nitrogens with zero attached hydrogens (tertiary/aromatic N) is 1. The first kappa shape index (κ1) is 15.8. The topological polar surface area (TPSA) is 52.6 Å². The van der Waals surface area contributed by atoms with Gasteiger partial charge in [-0.2, -0.15) is 0 Å². The Balaban J connectivity index is 2.18. The molecule has 0 radical (unpaired) electrons. The van der Waals surface area contributed by atoms with E-state index in [9.17, 15) is 4.79 Å². The Labute approximate surface area is 127 Å². The van der Waals surface area contributed by atoms with Crippen molar-refractivity contribution in [1.82, 2.24) is 10.2 Å². The molecule has 2 N–H and O–H groups in total. The summed E-state index contributed by atoms with van der Waals surface area (Å²) in [5, 5.41) is 11.6. The van der Waals surface area contributed by atoms with Crippen molar-refractivity contribution in [3.8, 4) is 0 Å². The number of benzene rings is 1. The fourth-order valence-corrected chi connectivity index (χ4v) is 3.21. The van der Waals surface area contributed by atoms with Crippen LogP contribution in [0.4, 0.5) is 4.79 Å². The number of piperidine rings is 1. The molecule has 0 spiro atoms. The molecule has 0 aliphatic carbocycles. The van der Waals surface area contributed by atoms with Crippen LogP contribution < -0.4 is 5.32 Å². The Morgan fingerprint density at radius 3 is 2.29 bits per heavy atom. The lowest BCUT2D eigenvalue weighted by molar-refractivity contribution is 0.0733. The molecule has 21 heavy (non-hydrogen) atoms. The van der Waals surface area contributed by atoms with Gasteiger partial charge in [0.1, 0.15) is 0 Å². The van der Waals surface area contributed by atoms with E-state index in [4.69, 9.17) is 5.11 Å². The van der Waals surface area contributed by atoms with Crippen LogP contribution in [0.5, 0.6) is 0 Å². The van der Waals surface area contributed by atoms with Crippen molar-refractivity contribution in [2.75, 3.05) is 19.6 Å². The molecule has 4 nitrogen and oxygen atoms in total. The quantitative estimate of drug-likeness (QED) is 0.899. The first-order valence-corrected chi connectivity index (χ1v) is 7.61. The molecule has 0 saturated carbocycles. The first-order chi connectivity index (χ1) is 9.83. The maximum Gasteiger partial charge on any atom is 0.404 e. The number of carbonyl (C=O) groups is 1. The number of amides is 1. The van der Waals surface area contributed by atoms with Crippen molar-refractivity contribution in [3.63, 3.8) is 0 Å². The summed E-state index contributed by atoms with van der Waals surface area (Å²) >= 11 is 0. The fraction of sp³-hybridized carbons (Fsp3) is 0.588. The van der Waals surface area contributed by atoms with E-state index < -0.39 is 6.09 Å². The van der Waals surface area contributed by atoms with E-state index in [0.29, 0.717) is 6.54 Å². The summed E-state index contributed by atoms with van der Waals surface area (Å²) in [6, 6.07) is 10.3. The second kappa shape index (κ2) is 6.06. The van der Waals surface area contributed by atoms with Gasteiger partial charge >= 0.3 is 6.09 Å². The van der Waals surface area contributed by atoms with E-state index in [2.05, 4.69) is 43.1 Å². The third-order valence-electron chi connectivity index (χ3n) is 4.63. The molecule has 0 bridgehead atoms. The highest BCUT2D eigenvalue weighted by Gasteiger charge is 2.38. The highest BCUT2D eigenvalue weighted by Crippen LogP contribution is 2.36. The molecule has 1 aliphatic heterocycles. The van der Waals surface area contributed by atoms with Crippen LogP contribution in [0.1, 0.15) is 39.2 Å². The molecule has 0 unspecified atom stereocenters. The third kappa shape index (κ3) is 3.76. The predicted octanol–water partition coefficient (Wildman–Crippen LogP) is 3.09. The lowest BCUT2D eigenvalue weighted by Gasteiger charge is -2.47. The van der Waals surface area contributed by atoms with E-state index in [1.54, 1.807) is 0 Å². The van der Waals surface area contributed by atoms with Gasteiger partial charge < -0.3 is 10.4 Å². The highest BCUT2D eigenvalue weighted by molar-refractivity contribution is 5.64. The van der Waals surface area contributed by atoms with Gasteiger partial charge in [-0.05, 0) is 52.3 Å². The predicted molar refractivity (Wildman–Crippen MR) is 84.7 cm³/mol. The van der Waals surface area contributed by atoms with Gasteiger partial charge in [-0.1, -0.05) is 30.3 Å². The molecule has 4 heteroatoms. The molecule has 2 rings (SSSR count). The number of hydrogen-bond acceptors (Lipinski definition) is 2. The first-order valence-electron chi connectivity index (χ1n) is 7.61. The van der Waals surface area contributed by atoms with Gasteiger partial charge in [0.15, 0.2) is 0 Å². The smallest absolute Gasteiger partial charge is 0.404 e. The van der Waals surface area contributed by atoms with Crippen LogP contribution in [-0.4, -0.2) is 41.3 Å². The Bertz CT molecular complexity index is 471. The molecule has 1 amide bonds. The Kier molecular flexibility index (Phi) is 4.57. The van der Waals surface area contributed by atoms with E-state index in [1.165, 1.54) is 5.56 Å². The van der Waals surface area contributed by atoms with Crippen molar-refractivity contribution in [2.45, 2.75) is 44.6 Å². The average molecular weight is 290 g/mol. The summed E-state index contributed by atoms with van der Waals surface area (Å²) in [7, 11) is 0. The van der Waals surface area contributed by atoms with Gasteiger partial charge in [0.05, 0.1) is 0 Å². The maximum atomic E-state index is 10.9. The van der Waals surface area contributed by atoms with Gasteiger partial charge in [-0.3, -0.25) is 4.90 Å². The Morgan fingerprint density at radius 2 is 1.81 bits per heavy atom. The molecular weight excluding hydrogens is 264 g/mol. The minimum atomic E-state index is -0.941. The summed E-state index contributed by atoms with van der Waals surface area (Å²) in [5.74, 6) is 0. The highest BCUT2D eigenvalue weighted by atomic mass is 16.4. The van der Waals surface area contributed by atoms with E-state index >= 15 is 0 Å². The minimum Gasteiger partial charge on any atom is -0.465 e. The van der Waals surface area contributed by atoms with Crippen LogP contribution in [0, 0.1) is 0 Å². The second-order valence-corrected chi connectivity index (χ2v) is 6.96. The van der Waals surface area contributed by atoms with Gasteiger partial charge in [0, 0.05) is 17.5 Å². The molecule has 1 aliphatic rings. The average Bonchev–Trinajstić information content (AvgIpc) is 2.45. The second-order valence-electron chi connectivity index (χ2n) is 6.96. The maximum absolute atomic E-state index is 10.9. The summed E-state index contributed by atoms with van der Waals surface area (Å²) in [6.07, 6.45) is 1.02. The van der Waals surface area contributed by atoms with Gasteiger partial charge in [-0.15, -0.1) is 0 Å². The standard InChI is InChI=1S/C17H26N2O2/c1-16(2,3)19-11-9-17(10-12-19,13-18-15(20)21)14-7-5-4-6-8-14/h4-8,18H,9-13H2,1-3H3,(H,20,21). The van der Waals surface area contributed by atoms with E-state index in [-0.39, 0.29) is 11.0 Å². The van der Waals surface area contributed by atoms with Crippen molar-refractivity contribution in [2.24, 2.45) is 0 Å². The molecule has 1 fully saturated rings. The third-order valence-corrected chi connectivity index (χ3v) is 4.63.